The molecular formula is C30H28ClFN6O4. The first-order chi connectivity index (χ1) is 20.2. The summed E-state index contributed by atoms with van der Waals surface area (Å²) in [5.74, 6) is -0.516. The van der Waals surface area contributed by atoms with Crippen LogP contribution < -0.4 is 10.6 Å². The lowest BCUT2D eigenvalue weighted by Gasteiger charge is -2.18. The van der Waals surface area contributed by atoms with Crippen LogP contribution in [0.4, 0.5) is 10.1 Å². The van der Waals surface area contributed by atoms with Crippen LogP contribution in [0.5, 0.6) is 0 Å². The molecule has 1 aliphatic carbocycles. The second-order valence-corrected chi connectivity index (χ2v) is 11.1. The van der Waals surface area contributed by atoms with Gasteiger partial charge >= 0.3 is 5.97 Å². The summed E-state index contributed by atoms with van der Waals surface area (Å²) in [6.45, 7) is 1.69. The molecule has 0 radical (unpaired) electrons. The van der Waals surface area contributed by atoms with Crippen molar-refractivity contribution >= 4 is 35.1 Å². The van der Waals surface area contributed by atoms with Crippen molar-refractivity contribution in [3.05, 3.63) is 82.3 Å². The molecule has 12 heteroatoms. The Morgan fingerprint density at radius 3 is 2.83 bits per heavy atom. The molecular weight excluding hydrogens is 563 g/mol. The van der Waals surface area contributed by atoms with Crippen LogP contribution in [0.15, 0.2) is 48.8 Å². The smallest absolute Gasteiger partial charge is 0.309 e. The van der Waals surface area contributed by atoms with Gasteiger partial charge in [-0.3, -0.25) is 14.4 Å². The number of carbonyl (C=O) groups is 3. The number of nitrogens with zero attached hydrogens (tertiary/aromatic N) is 3. The molecule has 216 valence electrons. The quantitative estimate of drug-likeness (QED) is 0.283. The topological polar surface area (TPSA) is 131 Å². The van der Waals surface area contributed by atoms with Gasteiger partial charge < -0.3 is 20.4 Å². The molecule has 2 aromatic carbocycles. The molecule has 6 rings (SSSR count). The van der Waals surface area contributed by atoms with E-state index in [1.807, 2.05) is 6.07 Å². The van der Waals surface area contributed by atoms with Crippen LogP contribution in [0.25, 0.3) is 16.9 Å². The molecule has 10 nitrogen and oxygen atoms in total. The zero-order chi connectivity index (χ0) is 29.5. The summed E-state index contributed by atoms with van der Waals surface area (Å²) < 4.78 is 20.8. The van der Waals surface area contributed by atoms with Crippen molar-refractivity contribution in [1.82, 2.24) is 25.1 Å². The number of carbonyl (C=O) groups excluding carboxylic acids is 3. The molecule has 2 aromatic heterocycles. The number of rotatable bonds is 5. The van der Waals surface area contributed by atoms with E-state index in [4.69, 9.17) is 16.3 Å². The SMILES string of the molecule is COC(=O)Cc1ccc2c(c1)NC(=O)CC1CC1C[C@H](NC(=O)c1cnn(-c3cccc(Cl)c3F)c1C)c1ncc-2[nH]1. The number of imidazole rings is 1. The molecule has 1 aliphatic heterocycles. The number of aromatic amines is 1. The number of hydrogen-bond donors (Lipinski definition) is 3. The van der Waals surface area contributed by atoms with E-state index in [-0.39, 0.29) is 46.8 Å². The van der Waals surface area contributed by atoms with Gasteiger partial charge in [0.2, 0.25) is 5.91 Å². The molecule has 42 heavy (non-hydrogen) atoms. The van der Waals surface area contributed by atoms with Gasteiger partial charge in [-0.25, -0.2) is 14.1 Å². The van der Waals surface area contributed by atoms with Crippen LogP contribution in [0.2, 0.25) is 5.02 Å². The normalized spacial score (nSPS) is 19.4. The summed E-state index contributed by atoms with van der Waals surface area (Å²) in [6.07, 6.45) is 4.94. The largest absolute Gasteiger partial charge is 0.469 e. The summed E-state index contributed by atoms with van der Waals surface area (Å²) in [6, 6.07) is 9.53. The molecule has 2 aliphatic rings. The Morgan fingerprint density at radius 1 is 1.19 bits per heavy atom. The highest BCUT2D eigenvalue weighted by Crippen LogP contribution is 2.47. The standard InChI is InChI=1S/C30H28ClFN6O4/c1-15-20(13-34-38(15)25-5-3-4-21(31)28(25)32)30(41)37-23-11-17-10-18(17)12-26(39)35-22-8-16(9-27(40)42-2)6-7-19(22)24-14-33-29(23)36-24/h3-8,13-14,17-18,23H,9-12H2,1-2H3,(H,33,36)(H,35,39)(H,37,41)/t17?,18?,23-/m0/s1. The fraction of sp³-hybridized carbons (Fsp3) is 0.300. The predicted molar refractivity (Wildman–Crippen MR) is 153 cm³/mol. The lowest BCUT2D eigenvalue weighted by molar-refractivity contribution is -0.139. The number of ether oxygens (including phenoxy) is 1. The lowest BCUT2D eigenvalue weighted by atomic mass is 10.0. The first-order valence-electron chi connectivity index (χ1n) is 13.6. The van der Waals surface area contributed by atoms with E-state index in [0.29, 0.717) is 52.4 Å². The Kier molecular flexibility index (Phi) is 7.28. The van der Waals surface area contributed by atoms with Crippen LogP contribution >= 0.6 is 11.6 Å². The second-order valence-electron chi connectivity index (χ2n) is 10.7. The van der Waals surface area contributed by atoms with E-state index >= 15 is 0 Å². The number of nitrogens with one attached hydrogen (secondary N) is 3. The van der Waals surface area contributed by atoms with Gasteiger partial charge in [0.1, 0.15) is 11.5 Å². The first-order valence-corrected chi connectivity index (χ1v) is 13.9. The van der Waals surface area contributed by atoms with E-state index in [0.717, 1.165) is 6.42 Å². The van der Waals surface area contributed by atoms with E-state index in [1.54, 1.807) is 37.4 Å². The van der Waals surface area contributed by atoms with Crippen LogP contribution in [0.3, 0.4) is 0 Å². The van der Waals surface area contributed by atoms with E-state index in [9.17, 15) is 18.8 Å². The third-order valence-electron chi connectivity index (χ3n) is 7.92. The van der Waals surface area contributed by atoms with Crippen LogP contribution in [-0.2, 0) is 20.7 Å². The number of esters is 1. The van der Waals surface area contributed by atoms with Gasteiger partial charge in [0.25, 0.3) is 5.91 Å². The molecule has 3 N–H and O–H groups in total. The van der Waals surface area contributed by atoms with Crippen molar-refractivity contribution in [2.75, 3.05) is 12.4 Å². The predicted octanol–water partition coefficient (Wildman–Crippen LogP) is 4.92. The van der Waals surface area contributed by atoms with Crippen molar-refractivity contribution in [1.29, 1.82) is 0 Å². The average molecular weight is 591 g/mol. The van der Waals surface area contributed by atoms with Crippen LogP contribution in [0, 0.1) is 24.6 Å². The second kappa shape index (κ2) is 11.1. The minimum atomic E-state index is -0.624. The Hall–Kier alpha value is -4.51. The highest BCUT2D eigenvalue weighted by atomic mass is 35.5. The summed E-state index contributed by atoms with van der Waals surface area (Å²) >= 11 is 5.95. The fourth-order valence-electron chi connectivity index (χ4n) is 5.53. The Labute approximate surface area is 245 Å². The first kappa shape index (κ1) is 27.6. The maximum Gasteiger partial charge on any atom is 0.309 e. The van der Waals surface area contributed by atoms with Crippen molar-refractivity contribution in [2.24, 2.45) is 11.8 Å². The van der Waals surface area contributed by atoms with Gasteiger partial charge in [-0.15, -0.1) is 0 Å². The van der Waals surface area contributed by atoms with Crippen molar-refractivity contribution in [2.45, 2.75) is 38.6 Å². The maximum absolute atomic E-state index is 14.7. The number of fused-ring (bicyclic) bond motifs is 5. The molecule has 2 bridgehead atoms. The zero-order valence-corrected chi connectivity index (χ0v) is 23.7. The van der Waals surface area contributed by atoms with Gasteiger partial charge in [0, 0.05) is 12.0 Å². The van der Waals surface area contributed by atoms with Gasteiger partial charge in [-0.2, -0.15) is 5.10 Å². The van der Waals surface area contributed by atoms with Crippen LogP contribution in [0.1, 0.15) is 52.7 Å². The van der Waals surface area contributed by atoms with Gasteiger partial charge in [0.15, 0.2) is 5.82 Å². The number of hydrogen-bond acceptors (Lipinski definition) is 6. The fourth-order valence-corrected chi connectivity index (χ4v) is 5.70. The summed E-state index contributed by atoms with van der Waals surface area (Å²) in [5, 5.41) is 10.3. The summed E-state index contributed by atoms with van der Waals surface area (Å²) in [7, 11) is 1.33. The zero-order valence-electron chi connectivity index (χ0n) is 22.9. The lowest BCUT2D eigenvalue weighted by Crippen LogP contribution is -2.30. The summed E-state index contributed by atoms with van der Waals surface area (Å²) in [4.78, 5) is 46.2. The minimum absolute atomic E-state index is 0.0378. The molecule has 0 spiro atoms. The highest BCUT2D eigenvalue weighted by Gasteiger charge is 2.41. The third-order valence-corrected chi connectivity index (χ3v) is 8.22. The van der Waals surface area contributed by atoms with Gasteiger partial charge in [-0.1, -0.05) is 29.8 Å². The number of methoxy groups -OCH3 is 1. The molecule has 2 unspecified atom stereocenters. The number of benzene rings is 2. The van der Waals surface area contributed by atoms with Gasteiger partial charge in [0.05, 0.1) is 59.6 Å². The molecule has 0 saturated heterocycles. The van der Waals surface area contributed by atoms with E-state index in [2.05, 4.69) is 25.7 Å². The van der Waals surface area contributed by atoms with Gasteiger partial charge in [-0.05, 0) is 55.4 Å². The average Bonchev–Trinajstić information content (AvgIpc) is 3.31. The minimum Gasteiger partial charge on any atom is -0.469 e. The monoisotopic (exact) mass is 590 g/mol. The molecule has 1 fully saturated rings. The number of halogens is 2. The maximum atomic E-state index is 14.7. The number of aromatic nitrogens is 4. The molecule has 3 atom stereocenters. The van der Waals surface area contributed by atoms with Crippen LogP contribution in [-0.4, -0.2) is 44.6 Å². The Balaban J connectivity index is 1.30. The van der Waals surface area contributed by atoms with E-state index in [1.165, 1.54) is 24.1 Å². The molecule has 3 heterocycles. The van der Waals surface area contributed by atoms with Crippen molar-refractivity contribution < 1.29 is 23.5 Å². The Bertz CT molecular complexity index is 1720. The number of H-pyrrole nitrogens is 1. The van der Waals surface area contributed by atoms with Crippen molar-refractivity contribution in [3.63, 3.8) is 0 Å². The third kappa shape index (κ3) is 5.39. The van der Waals surface area contributed by atoms with E-state index < -0.39 is 11.9 Å². The summed E-state index contributed by atoms with van der Waals surface area (Å²) in [5.41, 5.74) is 3.52. The highest BCUT2D eigenvalue weighted by molar-refractivity contribution is 6.30. The van der Waals surface area contributed by atoms with Crippen molar-refractivity contribution in [3.8, 4) is 16.9 Å². The molecule has 1 saturated carbocycles. The number of amides is 2. The molecule has 2 amide bonds. The Morgan fingerprint density at radius 2 is 2.02 bits per heavy atom. The molecule has 4 aromatic rings. The number of anilines is 1.